The van der Waals surface area contributed by atoms with E-state index in [-0.39, 0.29) is 11.5 Å². The average molecular weight is 310 g/mol. The number of nitrogens with zero attached hydrogens (tertiary/aromatic N) is 1. The van der Waals surface area contributed by atoms with Crippen molar-refractivity contribution in [1.29, 1.82) is 0 Å². The highest BCUT2D eigenvalue weighted by molar-refractivity contribution is 6.43. The fourth-order valence-corrected chi connectivity index (χ4v) is 2.34. The Hall–Kier alpha value is -1.58. The summed E-state index contributed by atoms with van der Waals surface area (Å²) in [6, 6.07) is 8.49. The number of carboxylic acids is 1. The van der Waals surface area contributed by atoms with E-state index in [1.165, 1.54) is 0 Å². The molecule has 5 heteroatoms. The van der Waals surface area contributed by atoms with Gasteiger partial charge in [0.05, 0.1) is 27.0 Å². The third-order valence-electron chi connectivity index (χ3n) is 2.93. The van der Waals surface area contributed by atoms with Crippen LogP contribution in [0.1, 0.15) is 35.8 Å². The number of hydrogen-bond donors (Lipinski definition) is 1. The standard InChI is InChI=1S/C15H13Cl2NO2/c1-8(2)14-10(15(19)20)6-7-12(18-14)9-4-3-5-11(16)13(9)17/h3-8H,1-2H3,(H,19,20). The van der Waals surface area contributed by atoms with Crippen LogP contribution < -0.4 is 0 Å². The largest absolute Gasteiger partial charge is 0.478 e. The summed E-state index contributed by atoms with van der Waals surface area (Å²) in [7, 11) is 0. The van der Waals surface area contributed by atoms with Gasteiger partial charge in [-0.15, -0.1) is 0 Å². The smallest absolute Gasteiger partial charge is 0.337 e. The van der Waals surface area contributed by atoms with E-state index in [1.807, 2.05) is 13.8 Å². The van der Waals surface area contributed by atoms with Gasteiger partial charge >= 0.3 is 5.97 Å². The van der Waals surface area contributed by atoms with Crippen LogP contribution in [0.4, 0.5) is 0 Å². The van der Waals surface area contributed by atoms with E-state index in [0.29, 0.717) is 27.0 Å². The van der Waals surface area contributed by atoms with Crippen molar-refractivity contribution in [1.82, 2.24) is 4.98 Å². The molecule has 1 heterocycles. The second kappa shape index (κ2) is 5.81. The van der Waals surface area contributed by atoms with Gasteiger partial charge in [-0.3, -0.25) is 4.98 Å². The lowest BCUT2D eigenvalue weighted by molar-refractivity contribution is 0.0694. The van der Waals surface area contributed by atoms with E-state index >= 15 is 0 Å². The first-order valence-corrected chi connectivity index (χ1v) is 6.86. The van der Waals surface area contributed by atoms with Crippen LogP contribution in [-0.2, 0) is 0 Å². The van der Waals surface area contributed by atoms with Crippen LogP contribution in [0.25, 0.3) is 11.3 Å². The second-order valence-electron chi connectivity index (χ2n) is 4.69. The molecule has 0 radical (unpaired) electrons. The number of carboxylic acid groups (broad SMARTS) is 1. The van der Waals surface area contributed by atoms with Crippen molar-refractivity contribution in [2.75, 3.05) is 0 Å². The first kappa shape index (κ1) is 14.8. The number of rotatable bonds is 3. The zero-order valence-corrected chi connectivity index (χ0v) is 12.5. The van der Waals surface area contributed by atoms with Crippen LogP contribution in [0, 0.1) is 0 Å². The van der Waals surface area contributed by atoms with Gasteiger partial charge in [0.25, 0.3) is 0 Å². The van der Waals surface area contributed by atoms with Crippen LogP contribution in [0.3, 0.4) is 0 Å². The minimum absolute atomic E-state index is 0.000917. The Morgan fingerprint density at radius 2 is 1.90 bits per heavy atom. The third-order valence-corrected chi connectivity index (χ3v) is 3.75. The van der Waals surface area contributed by atoms with Crippen LogP contribution in [0.15, 0.2) is 30.3 Å². The van der Waals surface area contributed by atoms with Gasteiger partial charge in [-0.25, -0.2) is 4.79 Å². The Morgan fingerprint density at radius 1 is 1.20 bits per heavy atom. The number of aromatic carboxylic acids is 1. The minimum Gasteiger partial charge on any atom is -0.478 e. The molecule has 0 aliphatic carbocycles. The fraction of sp³-hybridized carbons (Fsp3) is 0.200. The molecular formula is C15H13Cl2NO2. The molecule has 0 spiro atoms. The zero-order chi connectivity index (χ0) is 14.9. The van der Waals surface area contributed by atoms with Crippen molar-refractivity contribution in [3.05, 3.63) is 51.6 Å². The molecule has 0 unspecified atom stereocenters. The van der Waals surface area contributed by atoms with E-state index in [0.717, 1.165) is 0 Å². The van der Waals surface area contributed by atoms with Crippen molar-refractivity contribution < 1.29 is 9.90 Å². The maximum Gasteiger partial charge on any atom is 0.337 e. The number of halogens is 2. The average Bonchev–Trinajstić information content (AvgIpc) is 2.41. The van der Waals surface area contributed by atoms with Gasteiger partial charge < -0.3 is 5.11 Å². The maximum absolute atomic E-state index is 11.2. The molecule has 0 fully saturated rings. The molecule has 0 aliphatic rings. The van der Waals surface area contributed by atoms with Crippen LogP contribution in [0.2, 0.25) is 10.0 Å². The van der Waals surface area contributed by atoms with Crippen LogP contribution >= 0.6 is 23.2 Å². The predicted molar refractivity (Wildman–Crippen MR) is 80.7 cm³/mol. The molecule has 104 valence electrons. The molecule has 0 saturated heterocycles. The highest BCUT2D eigenvalue weighted by atomic mass is 35.5. The van der Waals surface area contributed by atoms with Gasteiger partial charge in [0.1, 0.15) is 0 Å². The maximum atomic E-state index is 11.2. The van der Waals surface area contributed by atoms with Crippen molar-refractivity contribution in [2.24, 2.45) is 0 Å². The molecule has 1 aromatic carbocycles. The highest BCUT2D eigenvalue weighted by Gasteiger charge is 2.17. The molecule has 1 N–H and O–H groups in total. The topological polar surface area (TPSA) is 50.2 Å². The van der Waals surface area contributed by atoms with E-state index in [9.17, 15) is 9.90 Å². The van der Waals surface area contributed by atoms with Crippen molar-refractivity contribution in [3.8, 4) is 11.3 Å². The summed E-state index contributed by atoms with van der Waals surface area (Å²) in [6.45, 7) is 3.80. The van der Waals surface area contributed by atoms with Gasteiger partial charge in [-0.1, -0.05) is 49.2 Å². The molecule has 20 heavy (non-hydrogen) atoms. The van der Waals surface area contributed by atoms with Crippen molar-refractivity contribution >= 4 is 29.2 Å². The summed E-state index contributed by atoms with van der Waals surface area (Å²) in [5.74, 6) is -0.982. The third kappa shape index (κ3) is 2.79. The van der Waals surface area contributed by atoms with Crippen molar-refractivity contribution in [2.45, 2.75) is 19.8 Å². The first-order chi connectivity index (χ1) is 9.41. The lowest BCUT2D eigenvalue weighted by atomic mass is 10.0. The van der Waals surface area contributed by atoms with Gasteiger partial charge in [0.2, 0.25) is 0 Å². The molecule has 0 amide bonds. The number of carbonyl (C=O) groups is 1. The van der Waals surface area contributed by atoms with E-state index in [2.05, 4.69) is 4.98 Å². The molecule has 1 aromatic heterocycles. The lowest BCUT2D eigenvalue weighted by Crippen LogP contribution is -2.07. The fourth-order valence-electron chi connectivity index (χ4n) is 1.95. The molecular weight excluding hydrogens is 297 g/mol. The summed E-state index contributed by atoms with van der Waals surface area (Å²) in [6.07, 6.45) is 0. The van der Waals surface area contributed by atoms with Crippen LogP contribution in [0.5, 0.6) is 0 Å². The molecule has 2 aromatic rings. The quantitative estimate of drug-likeness (QED) is 0.879. The zero-order valence-electron chi connectivity index (χ0n) is 11.0. The number of aromatic nitrogens is 1. The summed E-state index contributed by atoms with van der Waals surface area (Å²) in [4.78, 5) is 15.6. The highest BCUT2D eigenvalue weighted by Crippen LogP contribution is 2.33. The molecule has 0 saturated carbocycles. The van der Waals surface area contributed by atoms with Crippen molar-refractivity contribution in [3.63, 3.8) is 0 Å². The molecule has 3 nitrogen and oxygen atoms in total. The molecule has 0 bridgehead atoms. The van der Waals surface area contributed by atoms with Gasteiger partial charge in [0.15, 0.2) is 0 Å². The van der Waals surface area contributed by atoms with Gasteiger partial charge in [-0.2, -0.15) is 0 Å². The normalized spacial score (nSPS) is 10.8. The van der Waals surface area contributed by atoms with Crippen LogP contribution in [-0.4, -0.2) is 16.1 Å². The predicted octanol–water partition coefficient (Wildman–Crippen LogP) is 4.88. The first-order valence-electron chi connectivity index (χ1n) is 6.10. The Labute approximate surface area is 127 Å². The Kier molecular flexibility index (Phi) is 4.31. The molecule has 2 rings (SSSR count). The number of hydrogen-bond acceptors (Lipinski definition) is 2. The summed E-state index contributed by atoms with van der Waals surface area (Å²) in [5, 5.41) is 10.0. The molecule has 0 aliphatic heterocycles. The monoisotopic (exact) mass is 309 g/mol. The van der Waals surface area contributed by atoms with E-state index in [1.54, 1.807) is 30.3 Å². The number of pyridine rings is 1. The summed E-state index contributed by atoms with van der Waals surface area (Å²) in [5.41, 5.74) is 2.05. The van der Waals surface area contributed by atoms with Gasteiger partial charge in [0, 0.05) is 5.56 Å². The number of benzene rings is 1. The van der Waals surface area contributed by atoms with E-state index < -0.39 is 5.97 Å². The summed E-state index contributed by atoms with van der Waals surface area (Å²) >= 11 is 12.2. The molecule has 0 atom stereocenters. The second-order valence-corrected chi connectivity index (χ2v) is 5.48. The minimum atomic E-state index is -0.982. The lowest BCUT2D eigenvalue weighted by Gasteiger charge is -2.12. The summed E-state index contributed by atoms with van der Waals surface area (Å²) < 4.78 is 0. The van der Waals surface area contributed by atoms with Gasteiger partial charge in [-0.05, 0) is 24.1 Å². The SMILES string of the molecule is CC(C)c1nc(-c2cccc(Cl)c2Cl)ccc1C(=O)O. The Bertz CT molecular complexity index is 669. The Balaban J connectivity index is 2.62. The Morgan fingerprint density at radius 3 is 2.50 bits per heavy atom. The van der Waals surface area contributed by atoms with E-state index in [4.69, 9.17) is 23.2 Å².